The number of aromatic hydroxyl groups is 4. The van der Waals surface area contributed by atoms with Gasteiger partial charge in [-0.3, -0.25) is 0 Å². The molecule has 42 heavy (non-hydrogen) atoms. The van der Waals surface area contributed by atoms with Crippen molar-refractivity contribution in [3.05, 3.63) is 105 Å². The molecule has 0 spiro atoms. The number of phenolic OH excluding ortho intramolecular Hbond substituents is 4. The first-order valence-electron chi connectivity index (χ1n) is 14.3. The van der Waals surface area contributed by atoms with E-state index >= 15 is 0 Å². The van der Waals surface area contributed by atoms with E-state index in [1.54, 1.807) is 44.6 Å². The molecular formula is C36H44O6. The maximum absolute atomic E-state index is 9.87. The molecule has 0 aliphatic heterocycles. The maximum atomic E-state index is 9.87. The molecule has 0 atom stereocenters. The molecule has 4 aromatic rings. The van der Waals surface area contributed by atoms with Gasteiger partial charge in [-0.2, -0.15) is 0 Å². The minimum absolute atomic E-state index is 0.0953. The first-order valence-corrected chi connectivity index (χ1v) is 14.3. The van der Waals surface area contributed by atoms with Crippen molar-refractivity contribution in [1.29, 1.82) is 0 Å². The first kappa shape index (κ1) is 32.2. The normalized spacial score (nSPS) is 10.6. The molecule has 224 valence electrons. The summed E-state index contributed by atoms with van der Waals surface area (Å²) in [5.41, 5.74) is 8.87. The molecule has 6 heteroatoms. The van der Waals surface area contributed by atoms with Crippen LogP contribution in [0.4, 0.5) is 0 Å². The third-order valence-corrected chi connectivity index (χ3v) is 8.08. The number of benzene rings is 4. The minimum Gasteiger partial charge on any atom is -0.508 e. The van der Waals surface area contributed by atoms with Gasteiger partial charge < -0.3 is 29.9 Å². The van der Waals surface area contributed by atoms with Crippen molar-refractivity contribution < 1.29 is 29.9 Å². The summed E-state index contributed by atoms with van der Waals surface area (Å²) in [5.74, 6) is 2.61. The molecule has 0 radical (unpaired) electrons. The van der Waals surface area contributed by atoms with Crippen LogP contribution in [0.1, 0.15) is 57.3 Å². The van der Waals surface area contributed by atoms with E-state index in [0.717, 1.165) is 72.3 Å². The average molecular weight is 573 g/mol. The van der Waals surface area contributed by atoms with Crippen LogP contribution >= 0.6 is 0 Å². The van der Waals surface area contributed by atoms with E-state index in [-0.39, 0.29) is 11.5 Å². The lowest BCUT2D eigenvalue weighted by Gasteiger charge is -2.12. The summed E-state index contributed by atoms with van der Waals surface area (Å²) < 4.78 is 10.5. The van der Waals surface area contributed by atoms with Gasteiger partial charge in [-0.1, -0.05) is 18.2 Å². The summed E-state index contributed by atoms with van der Waals surface area (Å²) in [6.45, 7) is 8.16. The van der Waals surface area contributed by atoms with Crippen LogP contribution in [0.3, 0.4) is 0 Å². The second-order valence-corrected chi connectivity index (χ2v) is 10.7. The number of methoxy groups -OCH3 is 2. The summed E-state index contributed by atoms with van der Waals surface area (Å²) in [6, 6.07) is 17.9. The van der Waals surface area contributed by atoms with Crippen molar-refractivity contribution in [3.63, 3.8) is 0 Å². The Hall–Kier alpha value is -4.32. The smallest absolute Gasteiger partial charge is 0.122 e. The fourth-order valence-corrected chi connectivity index (χ4v) is 5.07. The third-order valence-electron chi connectivity index (χ3n) is 8.08. The van der Waals surface area contributed by atoms with Crippen molar-refractivity contribution in [3.8, 4) is 34.5 Å². The van der Waals surface area contributed by atoms with E-state index in [0.29, 0.717) is 11.5 Å². The molecule has 4 N–H and O–H groups in total. The van der Waals surface area contributed by atoms with E-state index in [1.165, 1.54) is 28.3 Å². The van der Waals surface area contributed by atoms with Gasteiger partial charge in [0.25, 0.3) is 0 Å². The topological polar surface area (TPSA) is 99.4 Å². The molecule has 0 unspecified atom stereocenters. The van der Waals surface area contributed by atoms with Gasteiger partial charge in [0.2, 0.25) is 0 Å². The van der Waals surface area contributed by atoms with Crippen molar-refractivity contribution in [2.45, 2.75) is 66.2 Å². The zero-order valence-corrected chi connectivity index (χ0v) is 25.6. The van der Waals surface area contributed by atoms with Gasteiger partial charge in [0, 0.05) is 6.07 Å². The molecule has 0 saturated carbocycles. The molecule has 0 aromatic heterocycles. The third kappa shape index (κ3) is 8.35. The van der Waals surface area contributed by atoms with Crippen molar-refractivity contribution >= 4 is 0 Å². The largest absolute Gasteiger partial charge is 0.508 e. The summed E-state index contributed by atoms with van der Waals surface area (Å²) in [4.78, 5) is 0. The van der Waals surface area contributed by atoms with Gasteiger partial charge in [-0.25, -0.2) is 0 Å². The monoisotopic (exact) mass is 572 g/mol. The van der Waals surface area contributed by atoms with Crippen LogP contribution in [-0.4, -0.2) is 34.6 Å². The van der Waals surface area contributed by atoms with Crippen LogP contribution in [-0.2, 0) is 25.7 Å². The van der Waals surface area contributed by atoms with Gasteiger partial charge in [-0.05, 0) is 147 Å². The molecule has 0 aliphatic rings. The molecular weight excluding hydrogens is 528 g/mol. The summed E-state index contributed by atoms with van der Waals surface area (Å²) in [7, 11) is 3.31. The number of aryl methyl sites for hydroxylation is 4. The predicted molar refractivity (Wildman–Crippen MR) is 169 cm³/mol. The Balaban J connectivity index is 0.000000230. The summed E-state index contributed by atoms with van der Waals surface area (Å²) in [5, 5.41) is 38.6. The Kier molecular flexibility index (Phi) is 11.5. The molecule has 0 amide bonds. The Bertz CT molecular complexity index is 1490. The molecule has 0 fully saturated rings. The highest BCUT2D eigenvalue weighted by Crippen LogP contribution is 2.28. The highest BCUT2D eigenvalue weighted by molar-refractivity contribution is 5.45. The van der Waals surface area contributed by atoms with E-state index in [1.807, 2.05) is 32.0 Å². The standard InChI is InChI=1S/2C18H22O3/c1-12-13(2)18(21-3)10-8-14(12)5-4-6-15-7-9-16(19)11-17(15)20;1-12-13(2)17(19)9-7-14(12)5-4-6-15-11-16(21-3)8-10-18(15)20/h2*7-11,19-20H,4-6H2,1-3H3. The molecule has 4 rings (SSSR count). The lowest BCUT2D eigenvalue weighted by Crippen LogP contribution is -1.97. The van der Waals surface area contributed by atoms with Gasteiger partial charge >= 0.3 is 0 Å². The number of hydrogen-bond donors (Lipinski definition) is 4. The average Bonchev–Trinajstić information content (AvgIpc) is 2.97. The second kappa shape index (κ2) is 15.1. The van der Waals surface area contributed by atoms with Crippen molar-refractivity contribution in [2.24, 2.45) is 0 Å². The predicted octanol–water partition coefficient (Wildman–Crippen LogP) is 7.80. The fraction of sp³-hybridized carbons (Fsp3) is 0.333. The lowest BCUT2D eigenvalue weighted by atomic mass is 9.97. The molecule has 0 heterocycles. The summed E-state index contributed by atoms with van der Waals surface area (Å²) in [6.07, 6.45) is 5.34. The van der Waals surface area contributed by atoms with Crippen LogP contribution < -0.4 is 9.47 Å². The molecule has 6 nitrogen and oxygen atoms in total. The lowest BCUT2D eigenvalue weighted by molar-refractivity contribution is 0.410. The Morgan fingerprint density at radius 3 is 1.64 bits per heavy atom. The van der Waals surface area contributed by atoms with Crippen LogP contribution in [0, 0.1) is 27.7 Å². The highest BCUT2D eigenvalue weighted by Gasteiger charge is 2.09. The molecule has 0 aliphatic carbocycles. The Labute approximate surface area is 249 Å². The van der Waals surface area contributed by atoms with E-state index in [2.05, 4.69) is 19.9 Å². The van der Waals surface area contributed by atoms with Crippen LogP contribution in [0.15, 0.2) is 60.7 Å². The summed E-state index contributed by atoms with van der Waals surface area (Å²) >= 11 is 0. The van der Waals surface area contributed by atoms with E-state index < -0.39 is 0 Å². The molecule has 0 bridgehead atoms. The van der Waals surface area contributed by atoms with Crippen LogP contribution in [0.5, 0.6) is 34.5 Å². The van der Waals surface area contributed by atoms with Gasteiger partial charge in [0.15, 0.2) is 0 Å². The minimum atomic E-state index is 0.0953. The van der Waals surface area contributed by atoms with E-state index in [9.17, 15) is 20.4 Å². The zero-order valence-electron chi connectivity index (χ0n) is 25.6. The number of phenols is 4. The van der Waals surface area contributed by atoms with Crippen LogP contribution in [0.25, 0.3) is 0 Å². The van der Waals surface area contributed by atoms with E-state index in [4.69, 9.17) is 9.47 Å². The SMILES string of the molecule is COc1ccc(CCCc2ccc(O)cc2O)c(C)c1C.COc1ccc(O)c(CCCc2ccc(O)c(C)c2C)c1. The maximum Gasteiger partial charge on any atom is 0.122 e. The molecule has 4 aromatic carbocycles. The zero-order chi connectivity index (χ0) is 30.8. The van der Waals surface area contributed by atoms with Gasteiger partial charge in [0.05, 0.1) is 14.2 Å². The number of hydrogen-bond acceptors (Lipinski definition) is 6. The van der Waals surface area contributed by atoms with Gasteiger partial charge in [0.1, 0.15) is 34.5 Å². The first-order chi connectivity index (χ1) is 20.0. The second-order valence-electron chi connectivity index (χ2n) is 10.7. The van der Waals surface area contributed by atoms with Crippen molar-refractivity contribution in [1.82, 2.24) is 0 Å². The van der Waals surface area contributed by atoms with Crippen LogP contribution in [0.2, 0.25) is 0 Å². The Morgan fingerprint density at radius 2 is 1.02 bits per heavy atom. The molecule has 0 saturated heterocycles. The Morgan fingerprint density at radius 1 is 0.476 bits per heavy atom. The number of rotatable bonds is 10. The van der Waals surface area contributed by atoms with Crippen molar-refractivity contribution in [2.75, 3.05) is 14.2 Å². The van der Waals surface area contributed by atoms with Gasteiger partial charge in [-0.15, -0.1) is 0 Å². The highest BCUT2D eigenvalue weighted by atomic mass is 16.5. The number of ether oxygens (including phenoxy) is 2. The quantitative estimate of drug-likeness (QED) is 0.155. The fourth-order valence-electron chi connectivity index (χ4n) is 5.07.